The maximum absolute atomic E-state index is 13.5. The van der Waals surface area contributed by atoms with E-state index >= 15 is 0 Å². The Hall–Kier alpha value is -2.70. The summed E-state index contributed by atoms with van der Waals surface area (Å²) in [5, 5.41) is 0. The lowest BCUT2D eigenvalue weighted by molar-refractivity contribution is -0.141. The second-order valence-corrected chi connectivity index (χ2v) is 17.8. The van der Waals surface area contributed by atoms with Crippen LogP contribution in [-0.4, -0.2) is 29.8 Å². The van der Waals surface area contributed by atoms with Crippen LogP contribution in [0, 0.1) is 47.3 Å². The summed E-state index contributed by atoms with van der Waals surface area (Å²) in [6, 6.07) is 4.35. The molecule has 294 valence electrons. The Morgan fingerprint density at radius 2 is 1.09 bits per heavy atom. The first-order chi connectivity index (χ1) is 25.8. The third-order valence-corrected chi connectivity index (χ3v) is 14.2. The van der Waals surface area contributed by atoms with E-state index in [2.05, 4.69) is 18.8 Å². The molecule has 0 amide bonds. The summed E-state index contributed by atoms with van der Waals surface area (Å²) < 4.78 is 17.5. The molecule has 6 rings (SSSR count). The summed E-state index contributed by atoms with van der Waals surface area (Å²) in [5.74, 6) is 4.47. The van der Waals surface area contributed by atoms with Crippen LogP contribution in [0.15, 0.2) is 23.2 Å². The van der Waals surface area contributed by atoms with Gasteiger partial charge in [0, 0.05) is 0 Å². The highest BCUT2D eigenvalue weighted by Crippen LogP contribution is 2.44. The fraction of sp³-hybridized carbons (Fsp3) is 0.783. The molecule has 4 saturated carbocycles. The summed E-state index contributed by atoms with van der Waals surface area (Å²) in [5.41, 5.74) is 0.375. The van der Waals surface area contributed by atoms with E-state index < -0.39 is 12.0 Å². The van der Waals surface area contributed by atoms with Crippen LogP contribution in [0.4, 0.5) is 0 Å². The van der Waals surface area contributed by atoms with Gasteiger partial charge in [-0.2, -0.15) is 0 Å². The normalized spacial score (nSPS) is 32.1. The van der Waals surface area contributed by atoms with Gasteiger partial charge in [-0.25, -0.2) is 9.79 Å². The molecule has 0 spiro atoms. The SMILES string of the molecule is CCCCCC1CCC(C2CCC(C(=O)Oc3ccc(OC(=O)C4CCC(C5CCC(CCCCC)CC5)CC4)c(C4=NC(C)C(=O)O4)c3)CC2)CC1. The Labute approximate surface area is 320 Å². The first-order valence-corrected chi connectivity index (χ1v) is 22.2. The number of unbranched alkanes of at least 4 members (excludes halogenated alkanes) is 4. The van der Waals surface area contributed by atoms with E-state index in [0.717, 1.165) is 81.0 Å². The minimum atomic E-state index is -0.646. The molecule has 0 bridgehead atoms. The van der Waals surface area contributed by atoms with Gasteiger partial charge in [-0.1, -0.05) is 90.9 Å². The van der Waals surface area contributed by atoms with Crippen molar-refractivity contribution in [3.05, 3.63) is 23.8 Å². The van der Waals surface area contributed by atoms with Crippen molar-refractivity contribution >= 4 is 23.8 Å². The second-order valence-electron chi connectivity index (χ2n) is 17.8. The van der Waals surface area contributed by atoms with Gasteiger partial charge in [0.2, 0.25) is 5.90 Å². The minimum absolute atomic E-state index is 0.109. The van der Waals surface area contributed by atoms with Crippen molar-refractivity contribution in [1.82, 2.24) is 0 Å². The van der Waals surface area contributed by atoms with Crippen LogP contribution in [0.3, 0.4) is 0 Å². The monoisotopic (exact) mass is 732 g/mol. The fourth-order valence-electron chi connectivity index (χ4n) is 10.7. The molecule has 1 aliphatic heterocycles. The fourth-order valence-corrected chi connectivity index (χ4v) is 10.7. The van der Waals surface area contributed by atoms with Gasteiger partial charge >= 0.3 is 17.9 Å². The zero-order valence-electron chi connectivity index (χ0n) is 33.3. The molecular weight excluding hydrogens is 663 g/mol. The molecule has 7 nitrogen and oxygen atoms in total. The molecule has 4 fully saturated rings. The molecular formula is C46H69NO6. The van der Waals surface area contributed by atoms with Crippen LogP contribution in [0.1, 0.15) is 180 Å². The van der Waals surface area contributed by atoms with Crippen molar-refractivity contribution < 1.29 is 28.6 Å². The van der Waals surface area contributed by atoms with Gasteiger partial charge < -0.3 is 14.2 Å². The summed E-state index contributed by atoms with van der Waals surface area (Å²) in [7, 11) is 0. The van der Waals surface area contributed by atoms with Crippen LogP contribution in [0.25, 0.3) is 0 Å². The Morgan fingerprint density at radius 1 is 0.642 bits per heavy atom. The van der Waals surface area contributed by atoms with Crippen molar-refractivity contribution in [3.63, 3.8) is 0 Å². The standard InChI is InChI=1S/C46H69NO6/c1-4-6-8-10-32-12-16-34(17-13-32)36-20-24-38(25-21-36)45(49)51-40-28-29-42(41(30-40)43-47-31(3)44(48)53-43)52-46(50)39-26-22-37(23-27-39)35-18-14-33(15-19-35)11-9-7-5-2/h28-39H,4-27H2,1-3H3. The average Bonchev–Trinajstić information content (AvgIpc) is 3.53. The smallest absolute Gasteiger partial charge is 0.337 e. The van der Waals surface area contributed by atoms with Crippen molar-refractivity contribution in [2.45, 2.75) is 181 Å². The first-order valence-electron chi connectivity index (χ1n) is 22.2. The van der Waals surface area contributed by atoms with Crippen LogP contribution >= 0.6 is 0 Å². The third kappa shape index (κ3) is 11.0. The van der Waals surface area contributed by atoms with Crippen LogP contribution in [-0.2, 0) is 19.1 Å². The minimum Gasteiger partial charge on any atom is -0.426 e. The van der Waals surface area contributed by atoms with Crippen LogP contribution in [0.5, 0.6) is 11.5 Å². The van der Waals surface area contributed by atoms with Gasteiger partial charge in [-0.3, -0.25) is 9.59 Å². The van der Waals surface area contributed by atoms with E-state index in [9.17, 15) is 14.4 Å². The molecule has 1 atom stereocenters. The maximum Gasteiger partial charge on any atom is 0.337 e. The lowest BCUT2D eigenvalue weighted by Gasteiger charge is -2.37. The molecule has 5 aliphatic rings. The number of rotatable bonds is 15. The zero-order chi connectivity index (χ0) is 37.2. The maximum atomic E-state index is 13.5. The average molecular weight is 732 g/mol. The number of nitrogens with zero attached hydrogens (tertiary/aromatic N) is 1. The molecule has 1 aromatic rings. The quantitative estimate of drug-likeness (QED) is 0.101. The second kappa shape index (κ2) is 19.8. The van der Waals surface area contributed by atoms with E-state index in [1.54, 1.807) is 25.1 Å². The molecule has 0 N–H and O–H groups in total. The molecule has 0 aromatic heterocycles. The van der Waals surface area contributed by atoms with E-state index in [1.807, 2.05) is 0 Å². The van der Waals surface area contributed by atoms with Gasteiger partial charge in [-0.05, 0) is 138 Å². The van der Waals surface area contributed by atoms with Crippen LogP contribution in [0.2, 0.25) is 0 Å². The molecule has 0 saturated heterocycles. The summed E-state index contributed by atoms with van der Waals surface area (Å²) in [4.78, 5) is 43.7. The predicted octanol–water partition coefficient (Wildman–Crippen LogP) is 11.6. The van der Waals surface area contributed by atoms with Crippen LogP contribution < -0.4 is 9.47 Å². The Kier molecular flexibility index (Phi) is 14.9. The largest absolute Gasteiger partial charge is 0.426 e. The van der Waals surface area contributed by atoms with Gasteiger partial charge in [-0.15, -0.1) is 0 Å². The van der Waals surface area contributed by atoms with Crippen molar-refractivity contribution in [3.8, 4) is 11.5 Å². The highest BCUT2D eigenvalue weighted by Gasteiger charge is 2.36. The summed E-state index contributed by atoms with van der Waals surface area (Å²) >= 11 is 0. The summed E-state index contributed by atoms with van der Waals surface area (Å²) in [6.07, 6.45) is 29.6. The number of hydrogen-bond acceptors (Lipinski definition) is 7. The number of carbonyl (C=O) groups excluding carboxylic acids is 3. The number of ether oxygens (including phenoxy) is 3. The molecule has 1 heterocycles. The number of carbonyl (C=O) groups is 3. The van der Waals surface area contributed by atoms with Crippen molar-refractivity contribution in [2.24, 2.45) is 52.3 Å². The van der Waals surface area contributed by atoms with E-state index in [-0.39, 0.29) is 29.7 Å². The Morgan fingerprint density at radius 3 is 1.53 bits per heavy atom. The zero-order valence-corrected chi connectivity index (χ0v) is 33.3. The third-order valence-electron chi connectivity index (χ3n) is 14.2. The highest BCUT2D eigenvalue weighted by atomic mass is 16.6. The van der Waals surface area contributed by atoms with Gasteiger partial charge in [0.25, 0.3) is 0 Å². The summed E-state index contributed by atoms with van der Waals surface area (Å²) in [6.45, 7) is 6.24. The predicted molar refractivity (Wildman–Crippen MR) is 210 cm³/mol. The van der Waals surface area contributed by atoms with Gasteiger partial charge in [0.1, 0.15) is 17.5 Å². The lowest BCUT2D eigenvalue weighted by atomic mass is 9.68. The highest BCUT2D eigenvalue weighted by molar-refractivity contribution is 6.08. The number of esters is 3. The molecule has 0 radical (unpaired) electrons. The Balaban J connectivity index is 0.992. The Bertz CT molecular complexity index is 1370. The van der Waals surface area contributed by atoms with Gasteiger partial charge in [0.15, 0.2) is 0 Å². The molecule has 1 unspecified atom stereocenters. The van der Waals surface area contributed by atoms with Crippen molar-refractivity contribution in [1.29, 1.82) is 0 Å². The molecule has 53 heavy (non-hydrogen) atoms. The van der Waals surface area contributed by atoms with E-state index in [1.165, 1.54) is 103 Å². The lowest BCUT2D eigenvalue weighted by Crippen LogP contribution is -2.30. The number of hydrogen-bond donors (Lipinski definition) is 0. The van der Waals surface area contributed by atoms with Crippen molar-refractivity contribution in [2.75, 3.05) is 0 Å². The number of aliphatic imine (C=N–C) groups is 1. The molecule has 4 aliphatic carbocycles. The number of benzene rings is 1. The number of cyclic esters (lactones) is 1. The molecule has 7 heteroatoms. The first kappa shape index (κ1) is 40.0. The van der Waals surface area contributed by atoms with Gasteiger partial charge in [0.05, 0.1) is 17.4 Å². The topological polar surface area (TPSA) is 91.3 Å². The van der Waals surface area contributed by atoms with E-state index in [4.69, 9.17) is 14.2 Å². The molecule has 1 aromatic carbocycles. The van der Waals surface area contributed by atoms with E-state index in [0.29, 0.717) is 23.0 Å².